The summed E-state index contributed by atoms with van der Waals surface area (Å²) in [5.41, 5.74) is 2.81. The van der Waals surface area contributed by atoms with Gasteiger partial charge in [0.2, 0.25) is 5.91 Å². The van der Waals surface area contributed by atoms with Crippen LogP contribution in [0.4, 0.5) is 0 Å². The van der Waals surface area contributed by atoms with E-state index in [4.69, 9.17) is 4.98 Å². The Hall–Kier alpha value is -2.24. The standard InChI is InChI=1S/C18H25N5O/c1-12(2)18(24)23-6-5-14(11-23)7-15-8-19-9-16(21-15)17-10-20-13(3)22(17)4/h8-10,12,14H,5-7,11H2,1-4H3/t14-/m1/s1. The molecule has 0 aromatic carbocycles. The first-order valence-electron chi connectivity index (χ1n) is 8.54. The second kappa shape index (κ2) is 6.71. The quantitative estimate of drug-likeness (QED) is 0.864. The number of aryl methyl sites for hydroxylation is 1. The Balaban J connectivity index is 1.70. The second-order valence-corrected chi connectivity index (χ2v) is 6.94. The first kappa shape index (κ1) is 16.6. The summed E-state index contributed by atoms with van der Waals surface area (Å²) < 4.78 is 2.02. The number of amides is 1. The molecule has 0 unspecified atom stereocenters. The number of imidazole rings is 1. The molecule has 1 aliphatic heterocycles. The van der Waals surface area contributed by atoms with Crippen LogP contribution in [0.15, 0.2) is 18.6 Å². The van der Waals surface area contributed by atoms with E-state index in [1.807, 2.05) is 49.7 Å². The van der Waals surface area contributed by atoms with E-state index in [1.54, 1.807) is 6.20 Å². The molecule has 0 N–H and O–H groups in total. The number of hydrogen-bond acceptors (Lipinski definition) is 4. The lowest BCUT2D eigenvalue weighted by atomic mass is 10.0. The zero-order valence-corrected chi connectivity index (χ0v) is 14.9. The summed E-state index contributed by atoms with van der Waals surface area (Å²) in [5, 5.41) is 0. The maximum absolute atomic E-state index is 12.1. The zero-order chi connectivity index (χ0) is 17.3. The minimum Gasteiger partial charge on any atom is -0.342 e. The van der Waals surface area contributed by atoms with Crippen LogP contribution in [0.1, 0.15) is 31.8 Å². The topological polar surface area (TPSA) is 63.9 Å². The van der Waals surface area contributed by atoms with Crippen molar-refractivity contribution in [1.82, 2.24) is 24.4 Å². The normalized spacial score (nSPS) is 17.7. The Morgan fingerprint density at radius 1 is 1.33 bits per heavy atom. The van der Waals surface area contributed by atoms with Crippen molar-refractivity contribution in [3.05, 3.63) is 30.1 Å². The van der Waals surface area contributed by atoms with Gasteiger partial charge in [-0.15, -0.1) is 0 Å². The number of nitrogens with zero attached hydrogens (tertiary/aromatic N) is 5. The molecule has 0 saturated carbocycles. The van der Waals surface area contributed by atoms with Gasteiger partial charge in [-0.2, -0.15) is 0 Å². The predicted octanol–water partition coefficient (Wildman–Crippen LogP) is 2.23. The van der Waals surface area contributed by atoms with Gasteiger partial charge in [0.25, 0.3) is 0 Å². The van der Waals surface area contributed by atoms with Crippen molar-refractivity contribution < 1.29 is 4.79 Å². The number of hydrogen-bond donors (Lipinski definition) is 0. The Morgan fingerprint density at radius 3 is 2.79 bits per heavy atom. The van der Waals surface area contributed by atoms with Crippen molar-refractivity contribution in [3.8, 4) is 11.4 Å². The van der Waals surface area contributed by atoms with Crippen molar-refractivity contribution >= 4 is 5.91 Å². The number of aromatic nitrogens is 4. The summed E-state index contributed by atoms with van der Waals surface area (Å²) in [6, 6.07) is 0. The molecule has 6 nitrogen and oxygen atoms in total. The molecule has 2 aromatic rings. The molecule has 0 spiro atoms. The van der Waals surface area contributed by atoms with Crippen molar-refractivity contribution in [3.63, 3.8) is 0 Å². The highest BCUT2D eigenvalue weighted by molar-refractivity contribution is 5.78. The Bertz CT molecular complexity index is 737. The molecule has 2 aromatic heterocycles. The summed E-state index contributed by atoms with van der Waals surface area (Å²) in [7, 11) is 1.98. The number of carbonyl (C=O) groups excluding carboxylic acids is 1. The summed E-state index contributed by atoms with van der Waals surface area (Å²) in [4.78, 5) is 27.5. The molecule has 1 atom stereocenters. The van der Waals surface area contributed by atoms with Gasteiger partial charge in [-0.05, 0) is 25.7 Å². The molecule has 3 heterocycles. The minimum atomic E-state index is 0.0694. The van der Waals surface area contributed by atoms with Gasteiger partial charge in [0.05, 0.1) is 23.8 Å². The van der Waals surface area contributed by atoms with Gasteiger partial charge in [-0.1, -0.05) is 13.8 Å². The molecule has 1 amide bonds. The lowest BCUT2D eigenvalue weighted by Crippen LogP contribution is -2.32. The molecule has 0 radical (unpaired) electrons. The van der Waals surface area contributed by atoms with Crippen LogP contribution in [-0.4, -0.2) is 43.4 Å². The zero-order valence-electron chi connectivity index (χ0n) is 14.9. The third-order valence-corrected chi connectivity index (χ3v) is 4.76. The molecule has 24 heavy (non-hydrogen) atoms. The van der Waals surface area contributed by atoms with Crippen LogP contribution in [0, 0.1) is 18.8 Å². The van der Waals surface area contributed by atoms with E-state index in [2.05, 4.69) is 9.97 Å². The lowest BCUT2D eigenvalue weighted by Gasteiger charge is -2.18. The predicted molar refractivity (Wildman–Crippen MR) is 92.2 cm³/mol. The van der Waals surface area contributed by atoms with Crippen LogP contribution in [0.3, 0.4) is 0 Å². The van der Waals surface area contributed by atoms with E-state index in [0.717, 1.165) is 48.8 Å². The molecular weight excluding hydrogens is 302 g/mol. The van der Waals surface area contributed by atoms with Crippen molar-refractivity contribution in [2.24, 2.45) is 18.9 Å². The maximum Gasteiger partial charge on any atom is 0.225 e. The second-order valence-electron chi connectivity index (χ2n) is 6.94. The van der Waals surface area contributed by atoms with Gasteiger partial charge < -0.3 is 9.47 Å². The van der Waals surface area contributed by atoms with Gasteiger partial charge in [-0.25, -0.2) is 9.97 Å². The molecular formula is C18H25N5O. The van der Waals surface area contributed by atoms with Crippen LogP contribution < -0.4 is 0 Å². The van der Waals surface area contributed by atoms with Crippen LogP contribution in [-0.2, 0) is 18.3 Å². The van der Waals surface area contributed by atoms with Gasteiger partial charge >= 0.3 is 0 Å². The van der Waals surface area contributed by atoms with Crippen LogP contribution >= 0.6 is 0 Å². The molecule has 1 saturated heterocycles. The van der Waals surface area contributed by atoms with Crippen LogP contribution in [0.2, 0.25) is 0 Å². The molecule has 1 aliphatic rings. The SMILES string of the molecule is Cc1ncc(-c2cncc(C[C@H]3CCN(C(=O)C(C)C)C3)n2)n1C. The third-order valence-electron chi connectivity index (χ3n) is 4.76. The van der Waals surface area contributed by atoms with Crippen molar-refractivity contribution in [1.29, 1.82) is 0 Å². The molecule has 3 rings (SSSR count). The summed E-state index contributed by atoms with van der Waals surface area (Å²) >= 11 is 0. The fraction of sp³-hybridized carbons (Fsp3) is 0.556. The molecule has 1 fully saturated rings. The highest BCUT2D eigenvalue weighted by Crippen LogP contribution is 2.23. The van der Waals surface area contributed by atoms with Gasteiger partial charge in [0.15, 0.2) is 0 Å². The fourth-order valence-electron chi connectivity index (χ4n) is 3.23. The van der Waals surface area contributed by atoms with Crippen LogP contribution in [0.5, 0.6) is 0 Å². The minimum absolute atomic E-state index is 0.0694. The molecule has 0 aliphatic carbocycles. The van der Waals surface area contributed by atoms with E-state index in [1.165, 1.54) is 0 Å². The first-order valence-corrected chi connectivity index (χ1v) is 8.54. The Labute approximate surface area is 142 Å². The number of carbonyl (C=O) groups is 1. The summed E-state index contributed by atoms with van der Waals surface area (Å²) in [5.74, 6) is 1.74. The fourth-order valence-corrected chi connectivity index (χ4v) is 3.23. The van der Waals surface area contributed by atoms with E-state index >= 15 is 0 Å². The highest BCUT2D eigenvalue weighted by Gasteiger charge is 2.28. The van der Waals surface area contributed by atoms with Crippen LogP contribution in [0.25, 0.3) is 11.4 Å². The van der Waals surface area contributed by atoms with Gasteiger partial charge in [0.1, 0.15) is 11.5 Å². The van der Waals surface area contributed by atoms with E-state index in [0.29, 0.717) is 5.92 Å². The lowest BCUT2D eigenvalue weighted by molar-refractivity contribution is -0.133. The van der Waals surface area contributed by atoms with Crippen molar-refractivity contribution in [2.45, 2.75) is 33.6 Å². The average molecular weight is 327 g/mol. The van der Waals surface area contributed by atoms with Gasteiger partial charge in [0, 0.05) is 32.3 Å². The van der Waals surface area contributed by atoms with E-state index < -0.39 is 0 Å². The monoisotopic (exact) mass is 327 g/mol. The number of rotatable bonds is 4. The number of likely N-dealkylation sites (tertiary alicyclic amines) is 1. The summed E-state index contributed by atoms with van der Waals surface area (Å²) in [6.45, 7) is 7.57. The largest absolute Gasteiger partial charge is 0.342 e. The molecule has 128 valence electrons. The first-order chi connectivity index (χ1) is 11.5. The maximum atomic E-state index is 12.1. The Kier molecular flexibility index (Phi) is 4.64. The van der Waals surface area contributed by atoms with Crippen molar-refractivity contribution in [2.75, 3.05) is 13.1 Å². The molecule has 0 bridgehead atoms. The highest BCUT2D eigenvalue weighted by atomic mass is 16.2. The van der Waals surface area contributed by atoms with E-state index in [9.17, 15) is 4.79 Å². The molecule has 6 heteroatoms. The smallest absolute Gasteiger partial charge is 0.225 e. The third kappa shape index (κ3) is 3.32. The average Bonchev–Trinajstić information content (AvgIpc) is 3.15. The Morgan fingerprint density at radius 2 is 2.12 bits per heavy atom. The summed E-state index contributed by atoms with van der Waals surface area (Å²) in [6.07, 6.45) is 7.35. The van der Waals surface area contributed by atoms with E-state index in [-0.39, 0.29) is 11.8 Å². The van der Waals surface area contributed by atoms with Gasteiger partial charge in [-0.3, -0.25) is 9.78 Å².